The first kappa shape index (κ1) is 8.04. The first-order valence-corrected chi connectivity index (χ1v) is 3.50. The van der Waals surface area contributed by atoms with Crippen LogP contribution in [0.1, 0.15) is 11.7 Å². The number of quaternary nitrogens is 1. The third-order valence-corrected chi connectivity index (χ3v) is 1.53. The van der Waals surface area contributed by atoms with E-state index in [4.69, 9.17) is 5.11 Å². The van der Waals surface area contributed by atoms with Gasteiger partial charge in [-0.1, -0.05) is 12.1 Å². The molecule has 0 aliphatic heterocycles. The van der Waals surface area contributed by atoms with Crippen LogP contribution in [-0.4, -0.2) is 16.8 Å². The third kappa shape index (κ3) is 1.93. The van der Waals surface area contributed by atoms with E-state index in [-0.39, 0.29) is 5.75 Å². The van der Waals surface area contributed by atoms with Crippen LogP contribution in [0.2, 0.25) is 0 Å². The summed E-state index contributed by atoms with van der Waals surface area (Å²) in [6.45, 7) is 0.420. The average molecular weight is 154 g/mol. The van der Waals surface area contributed by atoms with Crippen molar-refractivity contribution < 1.29 is 15.9 Å². The van der Waals surface area contributed by atoms with Crippen molar-refractivity contribution in [2.75, 3.05) is 6.54 Å². The molecule has 3 nitrogen and oxygen atoms in total. The first-order chi connectivity index (χ1) is 5.24. The summed E-state index contributed by atoms with van der Waals surface area (Å²) in [5.74, 6) is 0.176. The second-order valence-corrected chi connectivity index (χ2v) is 2.40. The first-order valence-electron chi connectivity index (χ1n) is 3.50. The molecule has 0 saturated carbocycles. The van der Waals surface area contributed by atoms with Gasteiger partial charge in [0.15, 0.2) is 0 Å². The van der Waals surface area contributed by atoms with E-state index in [1.807, 2.05) is 0 Å². The lowest BCUT2D eigenvalue weighted by molar-refractivity contribution is -0.385. The van der Waals surface area contributed by atoms with E-state index in [0.29, 0.717) is 12.1 Å². The van der Waals surface area contributed by atoms with Crippen molar-refractivity contribution in [3.63, 3.8) is 0 Å². The smallest absolute Gasteiger partial charge is 0.128 e. The van der Waals surface area contributed by atoms with Gasteiger partial charge in [-0.2, -0.15) is 0 Å². The number of rotatable bonds is 2. The number of phenols is 1. The van der Waals surface area contributed by atoms with Gasteiger partial charge in [0.05, 0.1) is 0 Å². The Labute approximate surface area is 65.1 Å². The summed E-state index contributed by atoms with van der Waals surface area (Å²) in [5, 5.41) is 18.3. The quantitative estimate of drug-likeness (QED) is 0.546. The van der Waals surface area contributed by atoms with Crippen LogP contribution in [-0.2, 0) is 0 Å². The molecule has 1 rings (SSSR count). The van der Waals surface area contributed by atoms with E-state index in [0.717, 1.165) is 0 Å². The van der Waals surface area contributed by atoms with Crippen molar-refractivity contribution >= 4 is 0 Å². The van der Waals surface area contributed by atoms with E-state index in [9.17, 15) is 5.11 Å². The zero-order valence-electron chi connectivity index (χ0n) is 6.20. The van der Waals surface area contributed by atoms with Gasteiger partial charge in [0, 0.05) is 0 Å². The van der Waals surface area contributed by atoms with Gasteiger partial charge < -0.3 is 15.9 Å². The molecule has 0 bridgehead atoms. The maximum absolute atomic E-state index is 9.28. The highest BCUT2D eigenvalue weighted by molar-refractivity contribution is 5.28. The normalized spacial score (nSPS) is 12.9. The number of hydrogen-bond donors (Lipinski definition) is 3. The number of hydrogen-bond acceptors (Lipinski definition) is 2. The summed E-state index contributed by atoms with van der Waals surface area (Å²) in [4.78, 5) is 0. The SMILES string of the molecule is [NH3+]C[C@@H](O)c1cccc(O)c1. The van der Waals surface area contributed by atoms with Crippen LogP contribution in [0.3, 0.4) is 0 Å². The second-order valence-electron chi connectivity index (χ2n) is 2.40. The van der Waals surface area contributed by atoms with Crippen molar-refractivity contribution in [1.29, 1.82) is 0 Å². The Morgan fingerprint density at radius 3 is 2.73 bits per heavy atom. The zero-order chi connectivity index (χ0) is 8.27. The number of phenolic OH excluding ortho intramolecular Hbond substituents is 1. The molecular formula is C8H12NO2+. The van der Waals surface area contributed by atoms with Crippen molar-refractivity contribution in [1.82, 2.24) is 0 Å². The largest absolute Gasteiger partial charge is 0.508 e. The lowest BCUT2D eigenvalue weighted by Crippen LogP contribution is -2.52. The van der Waals surface area contributed by atoms with Crippen molar-refractivity contribution in [2.24, 2.45) is 0 Å². The Balaban J connectivity index is 2.86. The van der Waals surface area contributed by atoms with E-state index >= 15 is 0 Å². The summed E-state index contributed by atoms with van der Waals surface area (Å²) in [7, 11) is 0. The van der Waals surface area contributed by atoms with Crippen LogP contribution in [0.4, 0.5) is 0 Å². The Morgan fingerprint density at radius 2 is 2.18 bits per heavy atom. The van der Waals surface area contributed by atoms with Gasteiger partial charge >= 0.3 is 0 Å². The molecule has 0 spiro atoms. The second kappa shape index (κ2) is 3.37. The lowest BCUT2D eigenvalue weighted by Gasteiger charge is -2.05. The zero-order valence-corrected chi connectivity index (χ0v) is 6.20. The lowest BCUT2D eigenvalue weighted by atomic mass is 10.1. The van der Waals surface area contributed by atoms with Gasteiger partial charge in [-0.05, 0) is 17.7 Å². The Kier molecular flexibility index (Phi) is 2.46. The van der Waals surface area contributed by atoms with Crippen LogP contribution in [0.15, 0.2) is 24.3 Å². The van der Waals surface area contributed by atoms with Crippen LogP contribution >= 0.6 is 0 Å². The van der Waals surface area contributed by atoms with E-state index in [2.05, 4.69) is 5.73 Å². The van der Waals surface area contributed by atoms with E-state index in [1.165, 1.54) is 6.07 Å². The third-order valence-electron chi connectivity index (χ3n) is 1.53. The fourth-order valence-electron chi connectivity index (χ4n) is 0.899. The van der Waals surface area contributed by atoms with E-state index in [1.54, 1.807) is 18.2 Å². The Hall–Kier alpha value is -1.06. The van der Waals surface area contributed by atoms with Crippen LogP contribution in [0.25, 0.3) is 0 Å². The van der Waals surface area contributed by atoms with Crippen molar-refractivity contribution in [3.05, 3.63) is 29.8 Å². The maximum atomic E-state index is 9.28. The molecule has 1 aromatic carbocycles. The highest BCUT2D eigenvalue weighted by Gasteiger charge is 2.06. The summed E-state index contributed by atoms with van der Waals surface area (Å²) in [6.07, 6.45) is -0.568. The maximum Gasteiger partial charge on any atom is 0.128 e. The predicted octanol–water partition coefficient (Wildman–Crippen LogP) is -0.332. The number of aliphatic hydroxyl groups is 1. The fourth-order valence-corrected chi connectivity index (χ4v) is 0.899. The molecule has 0 radical (unpaired) electrons. The molecule has 60 valence electrons. The van der Waals surface area contributed by atoms with Crippen LogP contribution in [0, 0.1) is 0 Å². The molecule has 1 aromatic rings. The Morgan fingerprint density at radius 1 is 1.45 bits per heavy atom. The molecule has 3 heteroatoms. The summed E-state index contributed by atoms with van der Waals surface area (Å²) in [6, 6.07) is 6.56. The van der Waals surface area contributed by atoms with Crippen molar-refractivity contribution in [2.45, 2.75) is 6.10 Å². The molecule has 0 heterocycles. The minimum atomic E-state index is -0.568. The number of aromatic hydroxyl groups is 1. The minimum Gasteiger partial charge on any atom is -0.508 e. The predicted molar refractivity (Wildman–Crippen MR) is 40.8 cm³/mol. The average Bonchev–Trinajstić information content (AvgIpc) is 2.03. The van der Waals surface area contributed by atoms with Gasteiger partial charge in [0.2, 0.25) is 0 Å². The van der Waals surface area contributed by atoms with E-state index < -0.39 is 6.10 Å². The monoisotopic (exact) mass is 154 g/mol. The highest BCUT2D eigenvalue weighted by Crippen LogP contribution is 2.16. The minimum absolute atomic E-state index is 0.176. The molecular weight excluding hydrogens is 142 g/mol. The molecule has 0 aliphatic carbocycles. The van der Waals surface area contributed by atoms with Gasteiger partial charge in [-0.3, -0.25) is 0 Å². The van der Waals surface area contributed by atoms with Crippen molar-refractivity contribution in [3.8, 4) is 5.75 Å². The fraction of sp³-hybridized carbons (Fsp3) is 0.250. The molecule has 0 aliphatic rings. The summed E-state index contributed by atoms with van der Waals surface area (Å²) < 4.78 is 0. The molecule has 0 amide bonds. The summed E-state index contributed by atoms with van der Waals surface area (Å²) in [5.41, 5.74) is 4.27. The summed E-state index contributed by atoms with van der Waals surface area (Å²) >= 11 is 0. The molecule has 0 saturated heterocycles. The molecule has 11 heavy (non-hydrogen) atoms. The van der Waals surface area contributed by atoms with Gasteiger partial charge in [-0.25, -0.2) is 0 Å². The Bertz CT molecular complexity index is 237. The highest BCUT2D eigenvalue weighted by atomic mass is 16.3. The molecule has 0 unspecified atom stereocenters. The van der Waals surface area contributed by atoms with Gasteiger partial charge in [0.1, 0.15) is 18.4 Å². The molecule has 1 atom stereocenters. The molecule has 0 aromatic heterocycles. The number of aliphatic hydroxyl groups excluding tert-OH is 1. The van der Waals surface area contributed by atoms with Gasteiger partial charge in [-0.15, -0.1) is 0 Å². The standard InChI is InChI=1S/C8H11NO2/c9-5-8(11)6-2-1-3-7(10)4-6/h1-4,8,10-11H,5,9H2/p+1/t8-/m1/s1. The van der Waals surface area contributed by atoms with Gasteiger partial charge in [0.25, 0.3) is 0 Å². The topological polar surface area (TPSA) is 68.1 Å². The number of benzene rings is 1. The van der Waals surface area contributed by atoms with Crippen LogP contribution < -0.4 is 5.73 Å². The molecule has 0 fully saturated rings. The van der Waals surface area contributed by atoms with Crippen LogP contribution in [0.5, 0.6) is 5.75 Å². The molecule has 5 N–H and O–H groups in total.